The maximum Gasteiger partial charge on any atom is 0.326 e. The number of fused-ring (bicyclic) bond motifs is 1. The van der Waals surface area contributed by atoms with Gasteiger partial charge in [-0.25, -0.2) is 14.8 Å². The molecule has 3 aromatic rings. The average Bonchev–Trinajstić information content (AvgIpc) is 2.97. The number of carbonyl (C=O) groups is 5. The van der Waals surface area contributed by atoms with Crippen LogP contribution in [0.2, 0.25) is 0 Å². The van der Waals surface area contributed by atoms with E-state index in [1.54, 1.807) is 12.1 Å². The van der Waals surface area contributed by atoms with Gasteiger partial charge in [0.05, 0.1) is 24.4 Å². The SMILES string of the molecule is CC(=O)CCSSCC(CC(=O)CCC(NC(=O)c1ccc(NCc2cnc3nc(N)[nH]c(=O)c3n2)cc1)C(=O)O)C(=O)O. The van der Waals surface area contributed by atoms with Crippen LogP contribution < -0.4 is 21.9 Å². The van der Waals surface area contributed by atoms with E-state index < -0.39 is 41.1 Å². The maximum atomic E-state index is 12.7. The topological polar surface area (TPSA) is 247 Å². The number of hydrogen-bond donors (Lipinski definition) is 6. The quantitative estimate of drug-likeness (QED) is 0.0854. The van der Waals surface area contributed by atoms with Gasteiger partial charge in [0, 0.05) is 42.0 Å². The number of carboxylic acids is 2. The van der Waals surface area contributed by atoms with Gasteiger partial charge in [0.15, 0.2) is 11.2 Å². The maximum absolute atomic E-state index is 12.7. The van der Waals surface area contributed by atoms with E-state index in [-0.39, 0.29) is 60.0 Å². The second kappa shape index (κ2) is 16.4. The van der Waals surface area contributed by atoms with E-state index in [1.165, 1.54) is 46.8 Å². The zero-order chi connectivity index (χ0) is 32.2. The van der Waals surface area contributed by atoms with Crippen molar-refractivity contribution in [3.05, 3.63) is 52.1 Å². The third-order valence-electron chi connectivity index (χ3n) is 6.14. The number of aliphatic carboxylic acids is 2. The lowest BCUT2D eigenvalue weighted by Crippen LogP contribution is -2.41. The van der Waals surface area contributed by atoms with Crippen molar-refractivity contribution >= 4 is 73.8 Å². The minimum absolute atomic E-state index is 0.0339. The first-order valence-electron chi connectivity index (χ1n) is 13.3. The molecule has 0 aliphatic rings. The molecule has 1 amide bonds. The number of amides is 1. The van der Waals surface area contributed by atoms with Gasteiger partial charge in [-0.2, -0.15) is 4.98 Å². The first-order valence-corrected chi connectivity index (χ1v) is 15.8. The minimum atomic E-state index is -1.36. The monoisotopic (exact) mass is 645 g/mol. The van der Waals surface area contributed by atoms with Crippen molar-refractivity contribution in [2.75, 3.05) is 22.6 Å². The molecule has 0 saturated carbocycles. The van der Waals surface area contributed by atoms with Crippen molar-refractivity contribution in [2.45, 2.75) is 45.2 Å². The van der Waals surface area contributed by atoms with Crippen LogP contribution in [0.1, 0.15) is 48.7 Å². The molecule has 2 unspecified atom stereocenters. The lowest BCUT2D eigenvalue weighted by molar-refractivity contribution is -0.143. The van der Waals surface area contributed by atoms with Gasteiger partial charge in [-0.05, 0) is 37.6 Å². The van der Waals surface area contributed by atoms with Crippen molar-refractivity contribution in [1.29, 1.82) is 0 Å². The van der Waals surface area contributed by atoms with E-state index in [1.807, 2.05) is 0 Å². The first-order chi connectivity index (χ1) is 20.9. The summed E-state index contributed by atoms with van der Waals surface area (Å²) in [4.78, 5) is 86.1. The molecule has 7 N–H and O–H groups in total. The zero-order valence-electron chi connectivity index (χ0n) is 23.6. The standard InChI is InChI=1S/C27H31N7O8S2/c1-14(35)8-9-43-44-13-16(25(39)40)10-19(36)6-7-20(26(41)42)32-23(37)15-2-4-17(5-3-15)29-11-18-12-30-22-21(31-18)24(38)34-27(28)33-22/h2-5,12,16,20,29H,6-11,13H2,1H3,(H,32,37)(H,39,40)(H,41,42)(H3,28,30,33,34,38). The zero-order valence-corrected chi connectivity index (χ0v) is 25.2. The number of benzene rings is 1. The summed E-state index contributed by atoms with van der Waals surface area (Å²) in [5, 5.41) is 24.5. The van der Waals surface area contributed by atoms with Crippen molar-refractivity contribution in [3.8, 4) is 0 Å². The highest BCUT2D eigenvalue weighted by Crippen LogP contribution is 2.26. The Kier molecular flexibility index (Phi) is 12.6. The number of nitrogens with one attached hydrogen (secondary N) is 3. The second-order valence-corrected chi connectivity index (χ2v) is 12.3. The van der Waals surface area contributed by atoms with Gasteiger partial charge in [-0.3, -0.25) is 29.0 Å². The Morgan fingerprint density at radius 2 is 1.75 bits per heavy atom. The molecular weight excluding hydrogens is 614 g/mol. The summed E-state index contributed by atoms with van der Waals surface area (Å²) in [6.45, 7) is 1.67. The number of aromatic amines is 1. The van der Waals surface area contributed by atoms with Gasteiger partial charge in [-0.15, -0.1) is 0 Å². The Hall–Kier alpha value is -4.51. The fraction of sp³-hybridized carbons (Fsp3) is 0.370. The predicted molar refractivity (Wildman–Crippen MR) is 165 cm³/mol. The van der Waals surface area contributed by atoms with Crippen LogP contribution >= 0.6 is 21.6 Å². The highest BCUT2D eigenvalue weighted by Gasteiger charge is 2.25. The van der Waals surface area contributed by atoms with E-state index in [2.05, 4.69) is 30.6 Å². The number of Topliss-reactive ketones (excluding diaryl/α,β-unsaturated/α-hetero) is 2. The number of nitrogens with two attached hydrogens (primary N) is 1. The molecule has 0 aliphatic carbocycles. The highest BCUT2D eigenvalue weighted by molar-refractivity contribution is 8.76. The highest BCUT2D eigenvalue weighted by atomic mass is 33.1. The third-order valence-corrected chi connectivity index (χ3v) is 8.62. The molecule has 15 nitrogen and oxygen atoms in total. The number of H-pyrrole nitrogens is 1. The van der Waals surface area contributed by atoms with Crippen LogP contribution in [0.5, 0.6) is 0 Å². The number of nitrogens with zero attached hydrogens (tertiary/aromatic N) is 3. The Morgan fingerprint density at radius 3 is 2.41 bits per heavy atom. The van der Waals surface area contributed by atoms with Gasteiger partial charge < -0.3 is 26.6 Å². The molecule has 2 atom stereocenters. The summed E-state index contributed by atoms with van der Waals surface area (Å²) in [5.74, 6) is -3.83. The first kappa shape index (κ1) is 34.0. The number of ketones is 2. The van der Waals surface area contributed by atoms with Crippen LogP contribution in [0.15, 0.2) is 35.3 Å². The molecule has 17 heteroatoms. The third kappa shape index (κ3) is 10.6. The summed E-state index contributed by atoms with van der Waals surface area (Å²) >= 11 is 0. The van der Waals surface area contributed by atoms with Crippen molar-refractivity contribution in [3.63, 3.8) is 0 Å². The average molecular weight is 646 g/mol. The number of nitrogen functional groups attached to an aromatic ring is 1. The Balaban J connectivity index is 1.49. The normalized spacial score (nSPS) is 12.3. The molecule has 1 aromatic carbocycles. The van der Waals surface area contributed by atoms with Crippen LogP contribution in [-0.2, 0) is 25.7 Å². The summed E-state index contributed by atoms with van der Waals surface area (Å²) in [6.07, 6.45) is 1.12. The number of hydrogen-bond acceptors (Lipinski definition) is 13. The molecule has 0 saturated heterocycles. The van der Waals surface area contributed by atoms with Gasteiger partial charge in [-0.1, -0.05) is 21.6 Å². The summed E-state index contributed by atoms with van der Waals surface area (Å²) in [7, 11) is 2.62. The number of anilines is 2. The van der Waals surface area contributed by atoms with Crippen LogP contribution in [0.3, 0.4) is 0 Å². The Labute approximate surface area is 258 Å². The van der Waals surface area contributed by atoms with E-state index in [4.69, 9.17) is 5.73 Å². The number of carbonyl (C=O) groups excluding carboxylic acids is 3. The predicted octanol–water partition coefficient (Wildman–Crippen LogP) is 1.89. The van der Waals surface area contributed by atoms with E-state index in [9.17, 15) is 39.0 Å². The number of rotatable bonds is 18. The van der Waals surface area contributed by atoms with E-state index in [0.29, 0.717) is 23.6 Å². The molecule has 0 spiro atoms. The molecule has 2 aromatic heterocycles. The molecule has 0 fully saturated rings. The van der Waals surface area contributed by atoms with Crippen molar-refractivity contribution < 1.29 is 34.2 Å². The van der Waals surface area contributed by atoms with Crippen molar-refractivity contribution in [2.24, 2.45) is 5.92 Å². The van der Waals surface area contributed by atoms with Crippen LogP contribution in [0.25, 0.3) is 11.2 Å². The molecule has 234 valence electrons. The summed E-state index contributed by atoms with van der Waals surface area (Å²) < 4.78 is 0. The smallest absolute Gasteiger partial charge is 0.326 e. The second-order valence-electron chi connectivity index (χ2n) is 9.66. The van der Waals surface area contributed by atoms with E-state index >= 15 is 0 Å². The fourth-order valence-electron chi connectivity index (χ4n) is 3.76. The van der Waals surface area contributed by atoms with Gasteiger partial charge in [0.1, 0.15) is 17.6 Å². The molecule has 2 heterocycles. The van der Waals surface area contributed by atoms with Crippen LogP contribution in [0, 0.1) is 5.92 Å². The lowest BCUT2D eigenvalue weighted by Gasteiger charge is -2.15. The largest absolute Gasteiger partial charge is 0.481 e. The van der Waals surface area contributed by atoms with Crippen molar-refractivity contribution in [1.82, 2.24) is 25.3 Å². The molecule has 0 radical (unpaired) electrons. The van der Waals surface area contributed by atoms with E-state index in [0.717, 1.165) is 0 Å². The van der Waals surface area contributed by atoms with Gasteiger partial charge in [0.25, 0.3) is 11.5 Å². The molecule has 0 aliphatic heterocycles. The molecular formula is C27H31N7O8S2. The Bertz CT molecular complexity index is 1580. The lowest BCUT2D eigenvalue weighted by atomic mass is 10.00. The fourth-order valence-corrected chi connectivity index (χ4v) is 6.16. The molecule has 44 heavy (non-hydrogen) atoms. The Morgan fingerprint density at radius 1 is 1.02 bits per heavy atom. The number of carboxylic acid groups (broad SMARTS) is 2. The van der Waals surface area contributed by atoms with Gasteiger partial charge in [0.2, 0.25) is 5.95 Å². The summed E-state index contributed by atoms with van der Waals surface area (Å²) in [5.41, 5.74) is 6.39. The summed E-state index contributed by atoms with van der Waals surface area (Å²) in [6, 6.07) is 4.80. The van der Waals surface area contributed by atoms with Crippen LogP contribution in [0.4, 0.5) is 11.6 Å². The molecule has 3 rings (SSSR count). The molecule has 0 bridgehead atoms. The van der Waals surface area contributed by atoms with Crippen LogP contribution in [-0.4, -0.2) is 77.1 Å². The minimum Gasteiger partial charge on any atom is -0.481 e. The van der Waals surface area contributed by atoms with Gasteiger partial charge >= 0.3 is 11.9 Å². The number of aromatic nitrogens is 4.